The van der Waals surface area contributed by atoms with Crippen molar-refractivity contribution in [3.05, 3.63) is 34.4 Å². The van der Waals surface area contributed by atoms with E-state index in [1.54, 1.807) is 0 Å². The number of rotatable bonds is 1. The molecule has 2 rings (SSSR count). The number of fused-ring (bicyclic) bond motifs is 1. The van der Waals surface area contributed by atoms with E-state index in [1.807, 2.05) is 12.1 Å². The predicted octanol–water partition coefficient (Wildman–Crippen LogP) is 3.78. The Hall–Kier alpha value is -1.48. The van der Waals surface area contributed by atoms with Crippen LogP contribution in [0.1, 0.15) is 31.9 Å². The van der Waals surface area contributed by atoms with Crippen molar-refractivity contribution in [2.24, 2.45) is 5.16 Å². The molecule has 3 nitrogen and oxygen atoms in total. The minimum Gasteiger partial charge on any atom is -0.411 e. The third-order valence-electron chi connectivity index (χ3n) is 3.53. The average Bonchev–Trinajstić information content (AvgIpc) is 2.28. The second-order valence-electron chi connectivity index (χ2n) is 5.18. The van der Waals surface area contributed by atoms with Gasteiger partial charge in [-0.2, -0.15) is 0 Å². The van der Waals surface area contributed by atoms with Gasteiger partial charge >= 0.3 is 0 Å². The maximum absolute atomic E-state index is 8.63. The van der Waals surface area contributed by atoms with Gasteiger partial charge in [0, 0.05) is 23.9 Å². The second kappa shape index (κ2) is 4.32. The summed E-state index contributed by atoms with van der Waals surface area (Å²) in [5.74, 6) is 0. The minimum absolute atomic E-state index is 0.0347. The number of likely N-dealkylation sites (N-methyl/N-ethyl adjacent to an activating group) is 1. The Bertz CT molecular complexity index is 547. The summed E-state index contributed by atoms with van der Waals surface area (Å²) in [5, 5.41) is 12.3. The number of hydrogen-bond acceptors (Lipinski definition) is 3. The molecule has 0 atom stereocenters. The summed E-state index contributed by atoms with van der Waals surface area (Å²) in [7, 11) is 2.05. The van der Waals surface area contributed by atoms with Crippen LogP contribution in [0.2, 0.25) is 5.02 Å². The Morgan fingerprint density at radius 1 is 1.39 bits per heavy atom. The first-order valence-electron chi connectivity index (χ1n) is 5.81. The van der Waals surface area contributed by atoms with Crippen molar-refractivity contribution in [3.8, 4) is 0 Å². The van der Waals surface area contributed by atoms with Crippen LogP contribution in [0.25, 0.3) is 5.57 Å². The number of allylic oxidation sites excluding steroid dienone is 1. The minimum atomic E-state index is -0.0347. The monoisotopic (exact) mass is 264 g/mol. The molecular formula is C14H17ClN2O. The first-order valence-corrected chi connectivity index (χ1v) is 6.19. The van der Waals surface area contributed by atoms with E-state index in [1.165, 1.54) is 11.8 Å². The third-order valence-corrected chi connectivity index (χ3v) is 3.86. The summed E-state index contributed by atoms with van der Waals surface area (Å²) in [5.41, 5.74) is 4.11. The lowest BCUT2D eigenvalue weighted by atomic mass is 9.88. The number of benzene rings is 1. The molecule has 0 aromatic heterocycles. The molecule has 4 heteroatoms. The van der Waals surface area contributed by atoms with Gasteiger partial charge in [-0.05, 0) is 38.5 Å². The molecule has 1 aliphatic rings. The fourth-order valence-corrected chi connectivity index (χ4v) is 2.56. The molecule has 0 saturated heterocycles. The molecular weight excluding hydrogens is 248 g/mol. The lowest BCUT2D eigenvalue weighted by Crippen LogP contribution is -2.42. The van der Waals surface area contributed by atoms with Crippen LogP contribution in [0.4, 0.5) is 5.69 Å². The van der Waals surface area contributed by atoms with Crippen LogP contribution in [0.5, 0.6) is 0 Å². The van der Waals surface area contributed by atoms with E-state index in [0.717, 1.165) is 16.8 Å². The van der Waals surface area contributed by atoms with Crippen LogP contribution in [0.3, 0.4) is 0 Å². The van der Waals surface area contributed by atoms with Gasteiger partial charge in [0.25, 0.3) is 0 Å². The Balaban J connectivity index is 2.66. The normalized spacial score (nSPS) is 17.8. The highest BCUT2D eigenvalue weighted by Crippen LogP contribution is 2.40. The summed E-state index contributed by atoms with van der Waals surface area (Å²) in [4.78, 5) is 2.20. The zero-order chi connectivity index (χ0) is 13.5. The predicted molar refractivity (Wildman–Crippen MR) is 77.0 cm³/mol. The van der Waals surface area contributed by atoms with E-state index in [4.69, 9.17) is 16.8 Å². The molecule has 1 N–H and O–H groups in total. The van der Waals surface area contributed by atoms with Crippen LogP contribution in [-0.2, 0) is 0 Å². The van der Waals surface area contributed by atoms with E-state index < -0.39 is 0 Å². The van der Waals surface area contributed by atoms with Crippen molar-refractivity contribution >= 4 is 29.1 Å². The molecule has 1 aliphatic heterocycles. The molecule has 0 fully saturated rings. The van der Waals surface area contributed by atoms with Crippen molar-refractivity contribution in [2.45, 2.75) is 26.3 Å². The van der Waals surface area contributed by atoms with Gasteiger partial charge in [-0.15, -0.1) is 0 Å². The van der Waals surface area contributed by atoms with Gasteiger partial charge in [0.1, 0.15) is 0 Å². The molecule has 18 heavy (non-hydrogen) atoms. The highest BCUT2D eigenvalue weighted by atomic mass is 35.5. The average molecular weight is 265 g/mol. The molecule has 1 aromatic carbocycles. The molecule has 0 bridgehead atoms. The fourth-order valence-electron chi connectivity index (χ4n) is 2.35. The van der Waals surface area contributed by atoms with Crippen LogP contribution < -0.4 is 4.90 Å². The summed E-state index contributed by atoms with van der Waals surface area (Å²) < 4.78 is 0. The number of oxime groups is 1. The van der Waals surface area contributed by atoms with Crippen molar-refractivity contribution in [3.63, 3.8) is 0 Å². The first-order chi connectivity index (χ1) is 8.36. The maximum Gasteiger partial charge on any atom is 0.0749 e. The van der Waals surface area contributed by atoms with E-state index in [2.05, 4.69) is 44.0 Å². The second-order valence-corrected chi connectivity index (χ2v) is 5.58. The lowest BCUT2D eigenvalue weighted by Gasteiger charge is -2.40. The zero-order valence-electron chi connectivity index (χ0n) is 11.0. The molecule has 0 spiro atoms. The van der Waals surface area contributed by atoms with Crippen LogP contribution in [0, 0.1) is 0 Å². The smallest absolute Gasteiger partial charge is 0.0749 e. The van der Waals surface area contributed by atoms with Crippen molar-refractivity contribution in [2.75, 3.05) is 11.9 Å². The molecule has 0 amide bonds. The van der Waals surface area contributed by atoms with Gasteiger partial charge in [0.15, 0.2) is 0 Å². The van der Waals surface area contributed by atoms with Gasteiger partial charge < -0.3 is 10.1 Å². The maximum atomic E-state index is 8.63. The van der Waals surface area contributed by atoms with Gasteiger partial charge in [-0.25, -0.2) is 0 Å². The Morgan fingerprint density at radius 2 is 2.06 bits per heavy atom. The quantitative estimate of drug-likeness (QED) is 0.476. The van der Waals surface area contributed by atoms with Crippen molar-refractivity contribution < 1.29 is 5.21 Å². The Morgan fingerprint density at radius 3 is 2.67 bits per heavy atom. The van der Waals surface area contributed by atoms with Gasteiger partial charge in [-0.3, -0.25) is 0 Å². The van der Waals surface area contributed by atoms with Crippen LogP contribution in [-0.4, -0.2) is 24.0 Å². The number of anilines is 1. The van der Waals surface area contributed by atoms with Crippen molar-refractivity contribution in [1.29, 1.82) is 0 Å². The van der Waals surface area contributed by atoms with Crippen LogP contribution in [0.15, 0.2) is 23.4 Å². The zero-order valence-corrected chi connectivity index (χ0v) is 11.8. The molecule has 0 saturated carbocycles. The lowest BCUT2D eigenvalue weighted by molar-refractivity contribution is 0.322. The number of nitrogens with zero attached hydrogens (tertiary/aromatic N) is 2. The van der Waals surface area contributed by atoms with Gasteiger partial charge in [0.05, 0.1) is 16.8 Å². The molecule has 96 valence electrons. The Kier molecular flexibility index (Phi) is 3.11. The topological polar surface area (TPSA) is 35.8 Å². The number of hydrogen-bond donors (Lipinski definition) is 1. The molecule has 0 radical (unpaired) electrons. The molecule has 0 unspecified atom stereocenters. The summed E-state index contributed by atoms with van der Waals surface area (Å²) in [6.45, 7) is 6.41. The van der Waals surface area contributed by atoms with E-state index in [0.29, 0.717) is 5.02 Å². The highest BCUT2D eigenvalue weighted by molar-refractivity contribution is 6.33. The Labute approximate surface area is 112 Å². The van der Waals surface area contributed by atoms with Crippen molar-refractivity contribution in [1.82, 2.24) is 0 Å². The molecule has 0 aliphatic carbocycles. The molecule has 1 heterocycles. The summed E-state index contributed by atoms with van der Waals surface area (Å²) >= 11 is 6.20. The van der Waals surface area contributed by atoms with E-state index >= 15 is 0 Å². The molecule has 1 aromatic rings. The SMILES string of the molecule is CC1=CC(C)(C)N(C)c2cc(Cl)c(/C=N\O)cc21. The summed E-state index contributed by atoms with van der Waals surface area (Å²) in [6.07, 6.45) is 3.58. The highest BCUT2D eigenvalue weighted by Gasteiger charge is 2.28. The van der Waals surface area contributed by atoms with E-state index in [9.17, 15) is 0 Å². The van der Waals surface area contributed by atoms with Gasteiger partial charge in [0.2, 0.25) is 0 Å². The van der Waals surface area contributed by atoms with Gasteiger partial charge in [-0.1, -0.05) is 22.8 Å². The summed E-state index contributed by atoms with van der Waals surface area (Å²) in [6, 6.07) is 3.88. The van der Waals surface area contributed by atoms with Crippen LogP contribution >= 0.6 is 11.6 Å². The van der Waals surface area contributed by atoms with E-state index in [-0.39, 0.29) is 5.54 Å². The first kappa shape index (κ1) is 13.0. The third kappa shape index (κ3) is 1.99. The standard InChI is InChI=1S/C14H17ClN2O/c1-9-7-14(2,3)17(4)13-6-12(15)10(8-16-18)5-11(9)13/h5-8,18H,1-4H3/b16-8-. The fraction of sp³-hybridized carbons (Fsp3) is 0.357. The largest absolute Gasteiger partial charge is 0.411 e. The number of halogens is 1.